The first-order chi connectivity index (χ1) is 6.25. The van der Waals surface area contributed by atoms with Gasteiger partial charge in [0.05, 0.1) is 6.17 Å². The van der Waals surface area contributed by atoms with E-state index in [-0.39, 0.29) is 12.4 Å². The van der Waals surface area contributed by atoms with Crippen LogP contribution < -0.4 is 10.8 Å². The molecule has 2 unspecified atom stereocenters. The zero-order chi connectivity index (χ0) is 9.26. The van der Waals surface area contributed by atoms with Gasteiger partial charge in [-0.25, -0.2) is 0 Å². The molecule has 0 aliphatic carbocycles. The lowest BCUT2D eigenvalue weighted by Crippen LogP contribution is -2.27. The van der Waals surface area contributed by atoms with Gasteiger partial charge in [0.15, 0.2) is 6.23 Å². The summed E-state index contributed by atoms with van der Waals surface area (Å²) in [6.07, 6.45) is 0.195. The lowest BCUT2D eigenvalue weighted by atomic mass is 10.1. The number of aryl methyl sites for hydroxylation is 1. The first-order valence-corrected chi connectivity index (χ1v) is 4.49. The third-order valence-corrected chi connectivity index (χ3v) is 2.11. The highest BCUT2D eigenvalue weighted by atomic mass is 16.7. The van der Waals surface area contributed by atoms with E-state index in [1.165, 1.54) is 5.56 Å². The van der Waals surface area contributed by atoms with E-state index in [0.29, 0.717) is 0 Å². The van der Waals surface area contributed by atoms with E-state index < -0.39 is 0 Å². The van der Waals surface area contributed by atoms with Crippen molar-refractivity contribution in [2.45, 2.75) is 26.2 Å². The largest absolute Gasteiger partial charge is 0.276 e. The topological polar surface area (TPSA) is 33.3 Å². The number of hydrogen-bond donors (Lipinski definition) is 2. The number of nitrogens with one attached hydrogen (secondary N) is 2. The Balaban J connectivity index is 2.16. The fourth-order valence-corrected chi connectivity index (χ4v) is 1.46. The van der Waals surface area contributed by atoms with Crippen LogP contribution in [0.1, 0.15) is 24.3 Å². The highest BCUT2D eigenvalue weighted by Crippen LogP contribution is 2.18. The van der Waals surface area contributed by atoms with E-state index in [2.05, 4.69) is 35.9 Å². The predicted octanol–water partition coefficient (Wildman–Crippen LogP) is 1.46. The standard InChI is InChI=1S/C10H14N2O/c1-7-4-3-5-9(6-7)10-11-8(2)12-13-10/h3-6,8,10-12H,1-2H3. The third-order valence-electron chi connectivity index (χ3n) is 2.11. The maximum Gasteiger partial charge on any atom is 0.156 e. The molecule has 3 nitrogen and oxygen atoms in total. The van der Waals surface area contributed by atoms with Crippen molar-refractivity contribution in [3.8, 4) is 0 Å². The Bertz CT molecular complexity index is 301. The summed E-state index contributed by atoms with van der Waals surface area (Å²) in [7, 11) is 0. The molecule has 1 aliphatic rings. The Labute approximate surface area is 78.1 Å². The zero-order valence-corrected chi connectivity index (χ0v) is 7.87. The molecule has 1 saturated heterocycles. The highest BCUT2D eigenvalue weighted by molar-refractivity contribution is 5.24. The van der Waals surface area contributed by atoms with Crippen molar-refractivity contribution in [3.63, 3.8) is 0 Å². The second-order valence-electron chi connectivity index (χ2n) is 3.42. The molecule has 0 aromatic heterocycles. The second kappa shape index (κ2) is 3.46. The zero-order valence-electron chi connectivity index (χ0n) is 7.87. The molecule has 70 valence electrons. The van der Waals surface area contributed by atoms with Gasteiger partial charge in [-0.3, -0.25) is 10.2 Å². The number of benzene rings is 1. The monoisotopic (exact) mass is 178 g/mol. The molecule has 1 aromatic carbocycles. The van der Waals surface area contributed by atoms with Crippen LogP contribution in [0.2, 0.25) is 0 Å². The van der Waals surface area contributed by atoms with Crippen molar-refractivity contribution in [2.24, 2.45) is 0 Å². The molecule has 1 fully saturated rings. The number of rotatable bonds is 1. The average Bonchev–Trinajstić information content (AvgIpc) is 2.52. The Morgan fingerprint density at radius 2 is 2.23 bits per heavy atom. The van der Waals surface area contributed by atoms with Gasteiger partial charge in [0, 0.05) is 0 Å². The van der Waals surface area contributed by atoms with Crippen LogP contribution in [0.3, 0.4) is 0 Å². The Morgan fingerprint density at radius 1 is 1.38 bits per heavy atom. The summed E-state index contributed by atoms with van der Waals surface area (Å²) in [6, 6.07) is 8.30. The molecule has 0 spiro atoms. The van der Waals surface area contributed by atoms with Gasteiger partial charge in [-0.15, -0.1) is 0 Å². The fraction of sp³-hybridized carbons (Fsp3) is 0.400. The maximum atomic E-state index is 5.35. The molecule has 1 heterocycles. The minimum absolute atomic E-state index is 0.0186. The molecule has 3 heteroatoms. The normalized spacial score (nSPS) is 27.8. The van der Waals surface area contributed by atoms with Crippen molar-refractivity contribution in [1.82, 2.24) is 10.8 Å². The van der Waals surface area contributed by atoms with Gasteiger partial charge < -0.3 is 0 Å². The van der Waals surface area contributed by atoms with Crippen molar-refractivity contribution in [1.29, 1.82) is 0 Å². The molecule has 0 amide bonds. The van der Waals surface area contributed by atoms with Crippen molar-refractivity contribution >= 4 is 0 Å². The summed E-state index contributed by atoms with van der Waals surface area (Å²) >= 11 is 0. The molecule has 0 radical (unpaired) electrons. The molecule has 0 bridgehead atoms. The van der Waals surface area contributed by atoms with Crippen molar-refractivity contribution < 1.29 is 4.84 Å². The summed E-state index contributed by atoms with van der Waals surface area (Å²) in [5.41, 5.74) is 5.29. The van der Waals surface area contributed by atoms with Crippen LogP contribution >= 0.6 is 0 Å². The van der Waals surface area contributed by atoms with Crippen LogP contribution in [-0.4, -0.2) is 6.17 Å². The Hall–Kier alpha value is -0.900. The van der Waals surface area contributed by atoms with Gasteiger partial charge in [0.2, 0.25) is 0 Å². The minimum atomic E-state index is -0.0186. The smallest absolute Gasteiger partial charge is 0.156 e. The van der Waals surface area contributed by atoms with E-state index in [4.69, 9.17) is 4.84 Å². The molecular weight excluding hydrogens is 164 g/mol. The van der Waals surface area contributed by atoms with Gasteiger partial charge in [-0.05, 0) is 19.4 Å². The van der Waals surface area contributed by atoms with Crippen LogP contribution in [0.25, 0.3) is 0 Å². The maximum absolute atomic E-state index is 5.35. The van der Waals surface area contributed by atoms with Crippen LogP contribution in [0.5, 0.6) is 0 Å². The SMILES string of the molecule is Cc1cccc(C2NC(C)NO2)c1. The minimum Gasteiger partial charge on any atom is -0.276 e. The van der Waals surface area contributed by atoms with Crippen LogP contribution in [-0.2, 0) is 4.84 Å². The van der Waals surface area contributed by atoms with E-state index in [1.54, 1.807) is 0 Å². The molecule has 13 heavy (non-hydrogen) atoms. The number of hydrogen-bond acceptors (Lipinski definition) is 3. The van der Waals surface area contributed by atoms with Gasteiger partial charge in [0.1, 0.15) is 0 Å². The second-order valence-corrected chi connectivity index (χ2v) is 3.42. The predicted molar refractivity (Wildman–Crippen MR) is 50.7 cm³/mol. The van der Waals surface area contributed by atoms with Crippen molar-refractivity contribution in [3.05, 3.63) is 35.4 Å². The summed E-state index contributed by atoms with van der Waals surface area (Å²) in [5.74, 6) is 0. The molecular formula is C10H14N2O. The summed E-state index contributed by atoms with van der Waals surface area (Å²) in [6.45, 7) is 4.10. The van der Waals surface area contributed by atoms with E-state index in [9.17, 15) is 0 Å². The fourth-order valence-electron chi connectivity index (χ4n) is 1.46. The van der Waals surface area contributed by atoms with Crippen LogP contribution in [0.4, 0.5) is 0 Å². The first-order valence-electron chi connectivity index (χ1n) is 4.49. The van der Waals surface area contributed by atoms with E-state index in [1.807, 2.05) is 13.0 Å². The van der Waals surface area contributed by atoms with E-state index in [0.717, 1.165) is 5.56 Å². The highest BCUT2D eigenvalue weighted by Gasteiger charge is 2.21. The summed E-state index contributed by atoms with van der Waals surface area (Å²) in [5, 5.41) is 3.26. The lowest BCUT2D eigenvalue weighted by Gasteiger charge is -2.09. The lowest BCUT2D eigenvalue weighted by molar-refractivity contribution is 0.0226. The van der Waals surface area contributed by atoms with E-state index >= 15 is 0 Å². The van der Waals surface area contributed by atoms with Gasteiger partial charge in [-0.1, -0.05) is 29.8 Å². The molecule has 1 aromatic rings. The molecule has 2 rings (SSSR count). The van der Waals surface area contributed by atoms with Crippen LogP contribution in [0.15, 0.2) is 24.3 Å². The quantitative estimate of drug-likeness (QED) is 0.683. The van der Waals surface area contributed by atoms with Gasteiger partial charge >= 0.3 is 0 Å². The third kappa shape index (κ3) is 1.88. The van der Waals surface area contributed by atoms with Gasteiger partial charge in [-0.2, -0.15) is 5.48 Å². The van der Waals surface area contributed by atoms with Crippen LogP contribution in [0, 0.1) is 6.92 Å². The average molecular weight is 178 g/mol. The number of hydroxylamine groups is 1. The molecule has 2 atom stereocenters. The molecule has 2 N–H and O–H groups in total. The summed E-state index contributed by atoms with van der Waals surface area (Å²) in [4.78, 5) is 5.35. The Kier molecular flexibility index (Phi) is 2.31. The van der Waals surface area contributed by atoms with Gasteiger partial charge in [0.25, 0.3) is 0 Å². The summed E-state index contributed by atoms with van der Waals surface area (Å²) < 4.78 is 0. The Morgan fingerprint density at radius 3 is 2.85 bits per heavy atom. The molecule has 1 aliphatic heterocycles. The van der Waals surface area contributed by atoms with Crippen molar-refractivity contribution in [2.75, 3.05) is 0 Å². The molecule has 0 saturated carbocycles. The first kappa shape index (κ1) is 8.69.